The zero-order chi connectivity index (χ0) is 13.4. The van der Waals surface area contributed by atoms with E-state index in [-0.39, 0.29) is 11.5 Å². The fraction of sp³-hybridized carbons (Fsp3) is 1.00. The van der Waals surface area contributed by atoms with Gasteiger partial charge in [-0.1, -0.05) is 13.8 Å². The van der Waals surface area contributed by atoms with Crippen LogP contribution in [-0.2, 0) is 9.84 Å². The Morgan fingerprint density at radius 1 is 1.06 bits per heavy atom. The number of aliphatic hydroxyl groups is 1. The van der Waals surface area contributed by atoms with Gasteiger partial charge in [0.25, 0.3) is 0 Å². The number of hydrogen-bond acceptors (Lipinski definition) is 4. The Balaban J connectivity index is 3.92. The van der Waals surface area contributed by atoms with Gasteiger partial charge in [-0.15, -0.1) is 0 Å². The van der Waals surface area contributed by atoms with Crippen molar-refractivity contribution in [3.8, 4) is 0 Å². The summed E-state index contributed by atoms with van der Waals surface area (Å²) in [6, 6.07) is 0. The highest BCUT2D eigenvalue weighted by molar-refractivity contribution is 7.91. The van der Waals surface area contributed by atoms with E-state index in [1.54, 1.807) is 6.92 Å². The molecule has 0 aromatic heterocycles. The van der Waals surface area contributed by atoms with Gasteiger partial charge in [-0.3, -0.25) is 0 Å². The zero-order valence-electron chi connectivity index (χ0n) is 11.3. The Morgan fingerprint density at radius 2 is 1.71 bits per heavy atom. The van der Waals surface area contributed by atoms with Crippen molar-refractivity contribution in [2.75, 3.05) is 24.6 Å². The highest BCUT2D eigenvalue weighted by atomic mass is 32.2. The van der Waals surface area contributed by atoms with Gasteiger partial charge in [0.15, 0.2) is 0 Å². The minimum absolute atomic E-state index is 0.0849. The maximum absolute atomic E-state index is 11.5. The molecule has 0 aliphatic carbocycles. The van der Waals surface area contributed by atoms with Gasteiger partial charge < -0.3 is 10.4 Å². The summed E-state index contributed by atoms with van der Waals surface area (Å²) in [6.45, 7) is 7.31. The summed E-state index contributed by atoms with van der Waals surface area (Å²) in [5.41, 5.74) is -0.887. The molecule has 0 aliphatic rings. The first kappa shape index (κ1) is 16.9. The predicted octanol–water partition coefficient (Wildman–Crippen LogP) is 1.34. The van der Waals surface area contributed by atoms with Crippen LogP contribution in [0.25, 0.3) is 0 Å². The van der Waals surface area contributed by atoms with E-state index >= 15 is 0 Å². The lowest BCUT2D eigenvalue weighted by molar-refractivity contribution is 0.0480. The fourth-order valence-corrected chi connectivity index (χ4v) is 3.15. The molecule has 1 unspecified atom stereocenters. The van der Waals surface area contributed by atoms with Gasteiger partial charge in [0.2, 0.25) is 0 Å². The first-order chi connectivity index (χ1) is 7.83. The van der Waals surface area contributed by atoms with E-state index in [2.05, 4.69) is 12.2 Å². The molecule has 5 heteroatoms. The van der Waals surface area contributed by atoms with Crippen LogP contribution in [0.5, 0.6) is 0 Å². The normalized spacial score (nSPS) is 15.8. The van der Waals surface area contributed by atoms with Crippen molar-refractivity contribution in [3.63, 3.8) is 0 Å². The molecule has 1 atom stereocenters. The molecule has 0 spiro atoms. The summed E-state index contributed by atoms with van der Waals surface area (Å²) in [7, 11) is -2.98. The largest absolute Gasteiger partial charge is 0.390 e. The Morgan fingerprint density at radius 3 is 2.24 bits per heavy atom. The maximum atomic E-state index is 11.5. The Kier molecular flexibility index (Phi) is 8.00. The Labute approximate surface area is 106 Å². The molecular formula is C12H27NO3S. The van der Waals surface area contributed by atoms with E-state index in [0.717, 1.165) is 19.5 Å². The minimum atomic E-state index is -2.98. The molecule has 0 radical (unpaired) electrons. The third kappa shape index (κ3) is 9.56. The predicted molar refractivity (Wildman–Crippen MR) is 72.0 cm³/mol. The fourth-order valence-electron chi connectivity index (χ4n) is 1.57. The van der Waals surface area contributed by atoms with E-state index < -0.39 is 15.4 Å². The number of rotatable bonds is 10. The molecular weight excluding hydrogens is 238 g/mol. The van der Waals surface area contributed by atoms with Crippen LogP contribution in [-0.4, -0.2) is 43.7 Å². The summed E-state index contributed by atoms with van der Waals surface area (Å²) in [5, 5.41) is 13.2. The zero-order valence-corrected chi connectivity index (χ0v) is 12.1. The van der Waals surface area contributed by atoms with Crippen LogP contribution in [0.4, 0.5) is 0 Å². The third-order valence-electron chi connectivity index (χ3n) is 2.73. The molecule has 0 rings (SSSR count). The molecule has 0 amide bonds. The minimum Gasteiger partial charge on any atom is -0.390 e. The summed E-state index contributed by atoms with van der Waals surface area (Å²) in [6.07, 6.45) is 2.62. The van der Waals surface area contributed by atoms with Crippen molar-refractivity contribution in [3.05, 3.63) is 0 Å². The lowest BCUT2D eigenvalue weighted by atomic mass is 9.99. The van der Waals surface area contributed by atoms with Crippen LogP contribution in [0, 0.1) is 0 Å². The number of nitrogens with one attached hydrogen (secondary N) is 1. The molecule has 0 saturated carbocycles. The van der Waals surface area contributed by atoms with Crippen molar-refractivity contribution in [1.29, 1.82) is 0 Å². The summed E-state index contributed by atoms with van der Waals surface area (Å²) < 4.78 is 23.1. The maximum Gasteiger partial charge on any atom is 0.150 e. The van der Waals surface area contributed by atoms with Gasteiger partial charge >= 0.3 is 0 Å². The second kappa shape index (κ2) is 8.06. The van der Waals surface area contributed by atoms with Crippen molar-refractivity contribution in [1.82, 2.24) is 5.32 Å². The standard InChI is InChI=1S/C12H27NO3S/c1-4-8-13-9-6-12(3,14)7-11-17(15,16)10-5-2/h13-14H,4-11H2,1-3H3. The van der Waals surface area contributed by atoms with E-state index in [0.29, 0.717) is 19.3 Å². The molecule has 0 fully saturated rings. The monoisotopic (exact) mass is 265 g/mol. The van der Waals surface area contributed by atoms with E-state index in [1.165, 1.54) is 0 Å². The Bertz CT molecular complexity index is 286. The van der Waals surface area contributed by atoms with Crippen LogP contribution in [0.2, 0.25) is 0 Å². The molecule has 2 N–H and O–H groups in total. The van der Waals surface area contributed by atoms with Gasteiger partial charge in [0.1, 0.15) is 9.84 Å². The van der Waals surface area contributed by atoms with Gasteiger partial charge in [0.05, 0.1) is 11.4 Å². The van der Waals surface area contributed by atoms with Gasteiger partial charge in [-0.05, 0) is 45.7 Å². The van der Waals surface area contributed by atoms with Crippen LogP contribution in [0.15, 0.2) is 0 Å². The van der Waals surface area contributed by atoms with Crippen LogP contribution in [0.3, 0.4) is 0 Å². The molecule has 0 aliphatic heterocycles. The molecule has 0 aromatic carbocycles. The van der Waals surface area contributed by atoms with E-state index in [4.69, 9.17) is 0 Å². The molecule has 4 nitrogen and oxygen atoms in total. The number of hydrogen-bond donors (Lipinski definition) is 2. The molecule has 0 saturated heterocycles. The van der Waals surface area contributed by atoms with E-state index in [1.807, 2.05) is 6.92 Å². The smallest absolute Gasteiger partial charge is 0.150 e. The molecule has 0 bridgehead atoms. The summed E-state index contributed by atoms with van der Waals surface area (Å²) >= 11 is 0. The van der Waals surface area contributed by atoms with Gasteiger partial charge in [0, 0.05) is 5.75 Å². The molecule has 0 aromatic rings. The van der Waals surface area contributed by atoms with Gasteiger partial charge in [-0.25, -0.2) is 8.42 Å². The second-order valence-corrected chi connectivity index (χ2v) is 7.20. The SMILES string of the molecule is CCCNCCC(C)(O)CCS(=O)(=O)CCC. The topological polar surface area (TPSA) is 66.4 Å². The lowest BCUT2D eigenvalue weighted by Crippen LogP contribution is -2.32. The Hall–Kier alpha value is -0.130. The quantitative estimate of drug-likeness (QED) is 0.585. The van der Waals surface area contributed by atoms with Gasteiger partial charge in [-0.2, -0.15) is 0 Å². The lowest BCUT2D eigenvalue weighted by Gasteiger charge is -2.23. The van der Waals surface area contributed by atoms with Crippen LogP contribution >= 0.6 is 0 Å². The molecule has 0 heterocycles. The van der Waals surface area contributed by atoms with E-state index in [9.17, 15) is 13.5 Å². The summed E-state index contributed by atoms with van der Waals surface area (Å²) in [5.74, 6) is 0.304. The first-order valence-corrected chi connectivity index (χ1v) is 8.28. The highest BCUT2D eigenvalue weighted by Gasteiger charge is 2.22. The molecule has 104 valence electrons. The van der Waals surface area contributed by atoms with Crippen molar-refractivity contribution in [2.45, 2.75) is 52.1 Å². The third-order valence-corrected chi connectivity index (χ3v) is 4.59. The molecule has 17 heavy (non-hydrogen) atoms. The average molecular weight is 265 g/mol. The first-order valence-electron chi connectivity index (χ1n) is 6.46. The highest BCUT2D eigenvalue weighted by Crippen LogP contribution is 2.15. The number of sulfone groups is 1. The van der Waals surface area contributed by atoms with Crippen molar-refractivity contribution < 1.29 is 13.5 Å². The van der Waals surface area contributed by atoms with Crippen molar-refractivity contribution >= 4 is 9.84 Å². The summed E-state index contributed by atoms with van der Waals surface area (Å²) in [4.78, 5) is 0. The van der Waals surface area contributed by atoms with Crippen molar-refractivity contribution in [2.24, 2.45) is 0 Å². The van der Waals surface area contributed by atoms with Crippen LogP contribution in [0.1, 0.15) is 46.5 Å². The average Bonchev–Trinajstić information content (AvgIpc) is 2.22. The van der Waals surface area contributed by atoms with Crippen LogP contribution < -0.4 is 5.32 Å². The second-order valence-electron chi connectivity index (χ2n) is 4.90.